The Morgan fingerprint density at radius 1 is 1.36 bits per heavy atom. The van der Waals surface area contributed by atoms with E-state index in [4.69, 9.17) is 27.9 Å². The Kier molecular flexibility index (Phi) is 5.60. The van der Waals surface area contributed by atoms with Crippen molar-refractivity contribution in [2.75, 3.05) is 7.11 Å². The van der Waals surface area contributed by atoms with Gasteiger partial charge in [-0.1, -0.05) is 23.2 Å². The van der Waals surface area contributed by atoms with Crippen LogP contribution in [0.5, 0.6) is 5.75 Å². The molecule has 2 N–H and O–H groups in total. The van der Waals surface area contributed by atoms with Crippen molar-refractivity contribution in [2.45, 2.75) is 12.6 Å². The molecule has 5 nitrogen and oxygen atoms in total. The quantitative estimate of drug-likeness (QED) is 0.877. The van der Waals surface area contributed by atoms with Crippen LogP contribution in [0.2, 0.25) is 10.0 Å². The van der Waals surface area contributed by atoms with E-state index in [2.05, 4.69) is 10.3 Å². The van der Waals surface area contributed by atoms with Gasteiger partial charge in [0.15, 0.2) is 6.10 Å². The number of hydrogen-bond donors (Lipinski definition) is 2. The van der Waals surface area contributed by atoms with E-state index in [1.54, 1.807) is 18.5 Å². The van der Waals surface area contributed by atoms with Gasteiger partial charge in [0, 0.05) is 28.4 Å². The Morgan fingerprint density at radius 3 is 2.68 bits per heavy atom. The first-order valence-corrected chi connectivity index (χ1v) is 7.15. The smallest absolute Gasteiger partial charge is 0.253 e. The van der Waals surface area contributed by atoms with E-state index in [1.807, 2.05) is 0 Å². The number of carbonyl (C=O) groups excluding carboxylic acids is 1. The number of aliphatic hydroxyl groups excluding tert-OH is 1. The lowest BCUT2D eigenvalue weighted by Gasteiger charge is -2.13. The Hall–Kier alpha value is -1.82. The monoisotopic (exact) mass is 340 g/mol. The van der Waals surface area contributed by atoms with Crippen LogP contribution in [0.15, 0.2) is 36.7 Å². The summed E-state index contributed by atoms with van der Waals surface area (Å²) >= 11 is 11.7. The molecule has 0 radical (unpaired) electrons. The van der Waals surface area contributed by atoms with Crippen LogP contribution in [-0.2, 0) is 11.3 Å². The van der Waals surface area contributed by atoms with Gasteiger partial charge >= 0.3 is 0 Å². The fourth-order valence-corrected chi connectivity index (χ4v) is 2.44. The number of benzene rings is 1. The van der Waals surface area contributed by atoms with Crippen LogP contribution >= 0.6 is 23.2 Å². The summed E-state index contributed by atoms with van der Waals surface area (Å²) in [5.41, 5.74) is 1.08. The SMILES string of the molecule is COc1cnccc1CNC(=O)C(O)c1cc(Cl)cc(Cl)c1. The third kappa shape index (κ3) is 4.10. The van der Waals surface area contributed by atoms with Crippen LogP contribution in [0, 0.1) is 0 Å². The Balaban J connectivity index is 2.05. The van der Waals surface area contributed by atoms with Crippen LogP contribution < -0.4 is 10.1 Å². The normalized spacial score (nSPS) is 11.8. The number of aliphatic hydroxyl groups is 1. The minimum Gasteiger partial charge on any atom is -0.495 e. The van der Waals surface area contributed by atoms with E-state index in [0.717, 1.165) is 5.56 Å². The first-order valence-electron chi connectivity index (χ1n) is 6.40. The van der Waals surface area contributed by atoms with Crippen molar-refractivity contribution in [1.82, 2.24) is 10.3 Å². The van der Waals surface area contributed by atoms with Gasteiger partial charge in [-0.3, -0.25) is 9.78 Å². The van der Waals surface area contributed by atoms with Gasteiger partial charge in [0.1, 0.15) is 5.75 Å². The van der Waals surface area contributed by atoms with Crippen molar-refractivity contribution < 1.29 is 14.6 Å². The van der Waals surface area contributed by atoms with Crippen LogP contribution in [-0.4, -0.2) is 23.1 Å². The summed E-state index contributed by atoms with van der Waals surface area (Å²) in [5.74, 6) is 0.000267. The average Bonchev–Trinajstić information content (AvgIpc) is 2.51. The van der Waals surface area contributed by atoms with Crippen LogP contribution in [0.3, 0.4) is 0 Å². The number of halogens is 2. The minimum atomic E-state index is -1.36. The fraction of sp³-hybridized carbons (Fsp3) is 0.200. The van der Waals surface area contributed by atoms with Crippen molar-refractivity contribution in [3.63, 3.8) is 0 Å². The molecule has 0 saturated heterocycles. The van der Waals surface area contributed by atoms with E-state index in [-0.39, 0.29) is 6.54 Å². The maximum absolute atomic E-state index is 12.0. The van der Waals surface area contributed by atoms with Gasteiger partial charge in [0.2, 0.25) is 0 Å². The highest BCUT2D eigenvalue weighted by Crippen LogP contribution is 2.24. The molecule has 0 aliphatic carbocycles. The van der Waals surface area contributed by atoms with E-state index in [0.29, 0.717) is 21.4 Å². The van der Waals surface area contributed by atoms with Crippen LogP contribution in [0.1, 0.15) is 17.2 Å². The van der Waals surface area contributed by atoms with E-state index in [1.165, 1.54) is 25.3 Å². The zero-order valence-corrected chi connectivity index (χ0v) is 13.2. The highest BCUT2D eigenvalue weighted by atomic mass is 35.5. The number of nitrogens with zero attached hydrogens (tertiary/aromatic N) is 1. The molecule has 0 aliphatic heterocycles. The molecule has 0 saturated carbocycles. The van der Waals surface area contributed by atoms with Crippen LogP contribution in [0.4, 0.5) is 0 Å². The summed E-state index contributed by atoms with van der Waals surface area (Å²) in [6.45, 7) is 0.204. The second kappa shape index (κ2) is 7.45. The van der Waals surface area contributed by atoms with Gasteiger partial charge in [0.05, 0.1) is 13.3 Å². The number of carbonyl (C=O) groups is 1. The van der Waals surface area contributed by atoms with Crippen molar-refractivity contribution in [3.05, 3.63) is 57.8 Å². The molecule has 2 aromatic rings. The summed E-state index contributed by atoms with van der Waals surface area (Å²) in [7, 11) is 1.52. The van der Waals surface area contributed by atoms with E-state index < -0.39 is 12.0 Å². The van der Waals surface area contributed by atoms with Crippen LogP contribution in [0.25, 0.3) is 0 Å². The highest BCUT2D eigenvalue weighted by molar-refractivity contribution is 6.34. The second-order valence-corrected chi connectivity index (χ2v) is 5.38. The van der Waals surface area contributed by atoms with Gasteiger partial charge in [-0.25, -0.2) is 0 Å². The van der Waals surface area contributed by atoms with E-state index >= 15 is 0 Å². The number of aromatic nitrogens is 1. The van der Waals surface area contributed by atoms with Gasteiger partial charge in [-0.05, 0) is 29.8 Å². The Morgan fingerprint density at radius 2 is 2.05 bits per heavy atom. The highest BCUT2D eigenvalue weighted by Gasteiger charge is 2.18. The fourth-order valence-electron chi connectivity index (χ4n) is 1.90. The predicted octanol–water partition coefficient (Wildman–Crippen LogP) is 2.75. The molecule has 1 atom stereocenters. The maximum Gasteiger partial charge on any atom is 0.253 e. The number of amides is 1. The predicted molar refractivity (Wildman–Crippen MR) is 84.1 cm³/mol. The number of pyridine rings is 1. The van der Waals surface area contributed by atoms with Gasteiger partial charge in [0.25, 0.3) is 5.91 Å². The molecule has 0 aliphatic rings. The van der Waals surface area contributed by atoms with Crippen molar-refractivity contribution >= 4 is 29.1 Å². The lowest BCUT2D eigenvalue weighted by molar-refractivity contribution is -0.129. The zero-order valence-electron chi connectivity index (χ0n) is 11.7. The number of rotatable bonds is 5. The Labute approximate surface area is 137 Å². The van der Waals surface area contributed by atoms with Crippen molar-refractivity contribution in [2.24, 2.45) is 0 Å². The largest absolute Gasteiger partial charge is 0.495 e. The van der Waals surface area contributed by atoms with Crippen molar-refractivity contribution in [1.29, 1.82) is 0 Å². The second-order valence-electron chi connectivity index (χ2n) is 4.51. The number of methoxy groups -OCH3 is 1. The Bertz CT molecular complexity index is 659. The van der Waals surface area contributed by atoms with Crippen molar-refractivity contribution in [3.8, 4) is 5.75 Å². The number of hydrogen-bond acceptors (Lipinski definition) is 4. The molecule has 116 valence electrons. The molecule has 1 amide bonds. The number of nitrogens with one attached hydrogen (secondary N) is 1. The molecule has 2 rings (SSSR count). The van der Waals surface area contributed by atoms with E-state index in [9.17, 15) is 9.90 Å². The molecule has 22 heavy (non-hydrogen) atoms. The molecule has 1 unspecified atom stereocenters. The maximum atomic E-state index is 12.0. The topological polar surface area (TPSA) is 71.5 Å². The third-order valence-electron chi connectivity index (χ3n) is 2.99. The number of ether oxygens (including phenoxy) is 1. The zero-order chi connectivity index (χ0) is 16.1. The van der Waals surface area contributed by atoms with Gasteiger partial charge < -0.3 is 15.2 Å². The minimum absolute atomic E-state index is 0.204. The summed E-state index contributed by atoms with van der Waals surface area (Å²) in [6, 6.07) is 6.23. The molecule has 1 aromatic heterocycles. The summed E-state index contributed by atoms with van der Waals surface area (Å²) in [6.07, 6.45) is 1.79. The van der Waals surface area contributed by atoms with Gasteiger partial charge in [-0.15, -0.1) is 0 Å². The molecular formula is C15H14Cl2N2O3. The third-order valence-corrected chi connectivity index (χ3v) is 3.43. The molecule has 1 aromatic carbocycles. The summed E-state index contributed by atoms with van der Waals surface area (Å²) < 4.78 is 5.14. The molecule has 0 fully saturated rings. The molecule has 1 heterocycles. The molecular weight excluding hydrogens is 327 g/mol. The molecule has 0 spiro atoms. The summed E-state index contributed by atoms with van der Waals surface area (Å²) in [5, 5.41) is 13.4. The first-order chi connectivity index (χ1) is 10.5. The summed E-state index contributed by atoms with van der Waals surface area (Å²) in [4.78, 5) is 16.0. The lowest BCUT2D eigenvalue weighted by Crippen LogP contribution is -2.29. The average molecular weight is 341 g/mol. The first kappa shape index (κ1) is 16.5. The van der Waals surface area contributed by atoms with Gasteiger partial charge in [-0.2, -0.15) is 0 Å². The standard InChI is InChI=1S/C15H14Cl2N2O3/c1-22-13-8-18-3-2-9(13)7-19-15(21)14(20)10-4-11(16)6-12(17)5-10/h2-6,8,14,20H,7H2,1H3,(H,19,21). The molecule has 0 bridgehead atoms. The molecule has 7 heteroatoms. The lowest BCUT2D eigenvalue weighted by atomic mass is 10.1.